The zero-order valence-electron chi connectivity index (χ0n) is 13.6. The lowest BCUT2D eigenvalue weighted by Crippen LogP contribution is -2.53. The van der Waals surface area contributed by atoms with Gasteiger partial charge in [-0.15, -0.1) is 11.6 Å². The van der Waals surface area contributed by atoms with E-state index in [0.717, 1.165) is 4.90 Å². The molecule has 4 amide bonds. The molecule has 0 unspecified atom stereocenters. The van der Waals surface area contributed by atoms with Gasteiger partial charge in [0.25, 0.3) is 11.8 Å². The van der Waals surface area contributed by atoms with Gasteiger partial charge in [0.1, 0.15) is 6.54 Å². The zero-order chi connectivity index (χ0) is 18.0. The maximum Gasteiger partial charge on any atom is 0.262 e. The molecule has 0 atom stereocenters. The van der Waals surface area contributed by atoms with Gasteiger partial charge in [0.2, 0.25) is 11.8 Å². The number of hydrogen-bond acceptors (Lipinski definition) is 4. The third-order valence-electron chi connectivity index (χ3n) is 4.46. The van der Waals surface area contributed by atoms with Crippen LogP contribution < -0.4 is 0 Å². The summed E-state index contributed by atoms with van der Waals surface area (Å²) >= 11 is 5.57. The first-order valence-corrected chi connectivity index (χ1v) is 8.63. The molecule has 2 aliphatic rings. The van der Waals surface area contributed by atoms with Crippen molar-refractivity contribution in [2.75, 3.05) is 38.6 Å². The van der Waals surface area contributed by atoms with E-state index in [1.54, 1.807) is 34.1 Å². The van der Waals surface area contributed by atoms with Crippen LogP contribution >= 0.6 is 11.6 Å². The second-order valence-electron chi connectivity index (χ2n) is 5.94. The average molecular weight is 364 g/mol. The first kappa shape index (κ1) is 17.4. The van der Waals surface area contributed by atoms with E-state index in [0.29, 0.717) is 37.3 Å². The third kappa shape index (κ3) is 3.37. The van der Waals surface area contributed by atoms with Crippen LogP contribution in [-0.2, 0) is 9.59 Å². The minimum atomic E-state index is -0.440. The highest BCUT2D eigenvalue weighted by molar-refractivity contribution is 6.22. The van der Waals surface area contributed by atoms with Crippen molar-refractivity contribution in [3.05, 3.63) is 35.4 Å². The Balaban J connectivity index is 1.58. The van der Waals surface area contributed by atoms with Crippen molar-refractivity contribution >= 4 is 35.2 Å². The van der Waals surface area contributed by atoms with E-state index in [1.807, 2.05) is 0 Å². The number of hydrogen-bond donors (Lipinski definition) is 0. The Bertz CT molecular complexity index is 693. The van der Waals surface area contributed by atoms with Gasteiger partial charge in [0.05, 0.1) is 11.1 Å². The van der Waals surface area contributed by atoms with Crippen LogP contribution in [0.4, 0.5) is 0 Å². The molecular weight excluding hydrogens is 346 g/mol. The predicted molar refractivity (Wildman–Crippen MR) is 90.3 cm³/mol. The van der Waals surface area contributed by atoms with E-state index < -0.39 is 11.8 Å². The number of imide groups is 1. The smallest absolute Gasteiger partial charge is 0.262 e. The highest BCUT2D eigenvalue weighted by Crippen LogP contribution is 2.22. The highest BCUT2D eigenvalue weighted by Gasteiger charge is 2.37. The van der Waals surface area contributed by atoms with Crippen LogP contribution in [0.2, 0.25) is 0 Å². The summed E-state index contributed by atoms with van der Waals surface area (Å²) < 4.78 is 0. The summed E-state index contributed by atoms with van der Waals surface area (Å²) in [6, 6.07) is 6.54. The third-order valence-corrected chi connectivity index (χ3v) is 4.65. The Morgan fingerprint density at radius 2 is 1.36 bits per heavy atom. The number of alkyl halides is 1. The first-order valence-electron chi connectivity index (χ1n) is 8.09. The number of amides is 4. The molecule has 1 aromatic rings. The van der Waals surface area contributed by atoms with Gasteiger partial charge in [0.15, 0.2) is 0 Å². The SMILES string of the molecule is O=C(CCCl)N1CCN(C(=O)CN2C(=O)c3ccccc3C2=O)CC1. The molecule has 0 spiro atoms. The predicted octanol–water partition coefficient (Wildman–Crippen LogP) is 0.582. The van der Waals surface area contributed by atoms with Gasteiger partial charge in [-0.2, -0.15) is 0 Å². The van der Waals surface area contributed by atoms with Crippen molar-refractivity contribution in [1.82, 2.24) is 14.7 Å². The molecule has 1 fully saturated rings. The number of nitrogens with zero attached hydrogens (tertiary/aromatic N) is 3. The Morgan fingerprint density at radius 1 is 0.880 bits per heavy atom. The molecule has 1 saturated heterocycles. The summed E-state index contributed by atoms with van der Waals surface area (Å²) in [5.41, 5.74) is 0.661. The molecule has 0 aliphatic carbocycles. The molecule has 8 heteroatoms. The minimum absolute atomic E-state index is 0.0255. The zero-order valence-corrected chi connectivity index (χ0v) is 14.4. The van der Waals surface area contributed by atoms with E-state index >= 15 is 0 Å². The van der Waals surface area contributed by atoms with Gasteiger partial charge in [0, 0.05) is 38.5 Å². The maximum atomic E-state index is 12.5. The van der Waals surface area contributed by atoms with Crippen molar-refractivity contribution in [1.29, 1.82) is 0 Å². The molecule has 0 saturated carbocycles. The fourth-order valence-corrected chi connectivity index (χ4v) is 3.22. The van der Waals surface area contributed by atoms with E-state index in [2.05, 4.69) is 0 Å². The van der Waals surface area contributed by atoms with Gasteiger partial charge in [-0.3, -0.25) is 24.1 Å². The van der Waals surface area contributed by atoms with Gasteiger partial charge in [-0.05, 0) is 12.1 Å². The Kier molecular flexibility index (Phi) is 5.03. The van der Waals surface area contributed by atoms with Crippen molar-refractivity contribution in [3.8, 4) is 0 Å². The topological polar surface area (TPSA) is 78.0 Å². The number of carbonyl (C=O) groups is 4. The normalized spacial score (nSPS) is 17.1. The van der Waals surface area contributed by atoms with Crippen molar-refractivity contribution < 1.29 is 19.2 Å². The molecule has 3 rings (SSSR count). The minimum Gasteiger partial charge on any atom is -0.339 e. The Morgan fingerprint density at radius 3 is 1.84 bits per heavy atom. The lowest BCUT2D eigenvalue weighted by molar-refractivity contribution is -0.139. The molecule has 0 bridgehead atoms. The average Bonchev–Trinajstić information content (AvgIpc) is 2.87. The monoisotopic (exact) mass is 363 g/mol. The molecule has 25 heavy (non-hydrogen) atoms. The summed E-state index contributed by atoms with van der Waals surface area (Å²) in [4.78, 5) is 53.1. The maximum absolute atomic E-state index is 12.5. The van der Waals surface area contributed by atoms with E-state index in [9.17, 15) is 19.2 Å². The molecule has 0 aromatic heterocycles. The fourth-order valence-electron chi connectivity index (χ4n) is 3.06. The van der Waals surface area contributed by atoms with Crippen molar-refractivity contribution in [3.63, 3.8) is 0 Å². The van der Waals surface area contributed by atoms with Crippen LogP contribution in [0.15, 0.2) is 24.3 Å². The molecule has 0 radical (unpaired) electrons. The number of piperazine rings is 1. The standard InChI is InChI=1S/C17H18ClN3O4/c18-6-5-14(22)19-7-9-20(10-8-19)15(23)11-21-16(24)12-3-1-2-4-13(12)17(21)25/h1-4H,5-11H2. The summed E-state index contributed by atoms with van der Waals surface area (Å²) in [6.07, 6.45) is 0.282. The number of benzene rings is 1. The van der Waals surface area contributed by atoms with Crippen LogP contribution in [0.25, 0.3) is 0 Å². The molecule has 1 aromatic carbocycles. The van der Waals surface area contributed by atoms with E-state index in [-0.39, 0.29) is 30.7 Å². The summed E-state index contributed by atoms with van der Waals surface area (Å²) in [5, 5.41) is 0. The molecular formula is C17H18ClN3O4. The number of carbonyl (C=O) groups excluding carboxylic acids is 4. The van der Waals surface area contributed by atoms with Crippen molar-refractivity contribution in [2.45, 2.75) is 6.42 Å². The number of rotatable bonds is 4. The van der Waals surface area contributed by atoms with Crippen molar-refractivity contribution in [2.24, 2.45) is 0 Å². The van der Waals surface area contributed by atoms with Crippen LogP contribution in [0, 0.1) is 0 Å². The molecule has 0 N–H and O–H groups in total. The number of halogens is 1. The fraction of sp³-hybridized carbons (Fsp3) is 0.412. The van der Waals surface area contributed by atoms with Crippen LogP contribution in [0.5, 0.6) is 0 Å². The quantitative estimate of drug-likeness (QED) is 0.579. The second kappa shape index (κ2) is 7.23. The van der Waals surface area contributed by atoms with Gasteiger partial charge >= 0.3 is 0 Å². The van der Waals surface area contributed by atoms with Gasteiger partial charge in [-0.1, -0.05) is 12.1 Å². The number of fused-ring (bicyclic) bond motifs is 1. The van der Waals surface area contributed by atoms with Gasteiger partial charge in [-0.25, -0.2) is 0 Å². The van der Waals surface area contributed by atoms with E-state index in [4.69, 9.17) is 11.6 Å². The molecule has 7 nitrogen and oxygen atoms in total. The van der Waals surface area contributed by atoms with Gasteiger partial charge < -0.3 is 9.80 Å². The van der Waals surface area contributed by atoms with Crippen LogP contribution in [0.1, 0.15) is 27.1 Å². The molecule has 132 valence electrons. The van der Waals surface area contributed by atoms with Crippen LogP contribution in [0.3, 0.4) is 0 Å². The largest absolute Gasteiger partial charge is 0.339 e. The van der Waals surface area contributed by atoms with E-state index in [1.165, 1.54) is 0 Å². The Labute approximate surface area is 150 Å². The summed E-state index contributed by atoms with van der Waals surface area (Å²) in [5.74, 6) is -0.922. The molecule has 2 aliphatic heterocycles. The lowest BCUT2D eigenvalue weighted by atomic mass is 10.1. The van der Waals surface area contributed by atoms with Crippen LogP contribution in [-0.4, -0.2) is 76.9 Å². The summed E-state index contributed by atoms with van der Waals surface area (Å²) in [7, 11) is 0. The second-order valence-corrected chi connectivity index (χ2v) is 6.32. The molecule has 2 heterocycles. The lowest BCUT2D eigenvalue weighted by Gasteiger charge is -2.35. The first-order chi connectivity index (χ1) is 12.0. The highest BCUT2D eigenvalue weighted by atomic mass is 35.5. The Hall–Kier alpha value is -2.41. The summed E-state index contributed by atoms with van der Waals surface area (Å²) in [6.45, 7) is 1.36.